The Hall–Kier alpha value is -0.960. The SMILES string of the molecule is Cn1c(C2CC2)nc2ccc(S)cc21. The van der Waals surface area contributed by atoms with Gasteiger partial charge in [0.1, 0.15) is 5.82 Å². The van der Waals surface area contributed by atoms with E-state index in [1.165, 1.54) is 24.2 Å². The maximum absolute atomic E-state index is 4.64. The monoisotopic (exact) mass is 204 g/mol. The predicted molar refractivity (Wildman–Crippen MR) is 59.9 cm³/mol. The summed E-state index contributed by atoms with van der Waals surface area (Å²) in [6.45, 7) is 0. The lowest BCUT2D eigenvalue weighted by atomic mass is 10.3. The normalized spacial score (nSPS) is 16.4. The van der Waals surface area contributed by atoms with E-state index in [4.69, 9.17) is 0 Å². The molecule has 0 atom stereocenters. The van der Waals surface area contributed by atoms with Crippen LogP contribution in [0.1, 0.15) is 24.6 Å². The van der Waals surface area contributed by atoms with Gasteiger partial charge in [-0.2, -0.15) is 0 Å². The van der Waals surface area contributed by atoms with Gasteiger partial charge in [-0.15, -0.1) is 12.6 Å². The molecule has 3 heteroatoms. The van der Waals surface area contributed by atoms with E-state index in [-0.39, 0.29) is 0 Å². The van der Waals surface area contributed by atoms with Gasteiger partial charge >= 0.3 is 0 Å². The Morgan fingerprint density at radius 3 is 2.93 bits per heavy atom. The highest BCUT2D eigenvalue weighted by atomic mass is 32.1. The first-order valence-corrected chi connectivity index (χ1v) is 5.36. The van der Waals surface area contributed by atoms with E-state index in [9.17, 15) is 0 Å². The number of benzene rings is 1. The second kappa shape index (κ2) is 2.76. The molecule has 1 aliphatic rings. The molecule has 1 aromatic heterocycles. The lowest BCUT2D eigenvalue weighted by Gasteiger charge is -1.99. The molecule has 1 saturated carbocycles. The molecule has 0 spiro atoms. The van der Waals surface area contributed by atoms with Crippen molar-refractivity contribution in [2.24, 2.45) is 7.05 Å². The summed E-state index contributed by atoms with van der Waals surface area (Å²) in [5, 5.41) is 0. The number of hydrogen-bond acceptors (Lipinski definition) is 2. The number of fused-ring (bicyclic) bond motifs is 1. The summed E-state index contributed by atoms with van der Waals surface area (Å²) in [7, 11) is 2.09. The number of hydrogen-bond donors (Lipinski definition) is 1. The molecule has 0 N–H and O–H groups in total. The van der Waals surface area contributed by atoms with Gasteiger partial charge in [0.25, 0.3) is 0 Å². The average molecular weight is 204 g/mol. The van der Waals surface area contributed by atoms with Gasteiger partial charge in [-0.3, -0.25) is 0 Å². The number of aryl methyl sites for hydroxylation is 1. The molecule has 72 valence electrons. The Morgan fingerprint density at radius 2 is 2.21 bits per heavy atom. The van der Waals surface area contributed by atoms with Gasteiger partial charge < -0.3 is 4.57 Å². The molecule has 0 saturated heterocycles. The zero-order valence-electron chi connectivity index (χ0n) is 8.07. The maximum Gasteiger partial charge on any atom is 0.112 e. The fraction of sp³-hybridized carbons (Fsp3) is 0.364. The summed E-state index contributed by atoms with van der Waals surface area (Å²) in [4.78, 5) is 5.65. The third kappa shape index (κ3) is 1.16. The Kier molecular flexibility index (Phi) is 1.65. The summed E-state index contributed by atoms with van der Waals surface area (Å²) in [5.41, 5.74) is 2.28. The smallest absolute Gasteiger partial charge is 0.112 e. The topological polar surface area (TPSA) is 17.8 Å². The Labute approximate surface area is 88.4 Å². The molecule has 1 aromatic carbocycles. The highest BCUT2D eigenvalue weighted by Crippen LogP contribution is 2.40. The van der Waals surface area contributed by atoms with E-state index in [0.717, 1.165) is 10.4 Å². The van der Waals surface area contributed by atoms with E-state index in [1.54, 1.807) is 0 Å². The number of imidazole rings is 1. The van der Waals surface area contributed by atoms with Crippen LogP contribution in [0.3, 0.4) is 0 Å². The first kappa shape index (κ1) is 8.36. The standard InChI is InChI=1S/C11H12N2S/c1-13-10-6-8(14)4-5-9(10)12-11(13)7-2-3-7/h4-7,14H,2-3H2,1H3. The zero-order valence-corrected chi connectivity index (χ0v) is 8.96. The van der Waals surface area contributed by atoms with Crippen LogP contribution in [0, 0.1) is 0 Å². The second-order valence-electron chi connectivity index (χ2n) is 3.98. The van der Waals surface area contributed by atoms with E-state index < -0.39 is 0 Å². The number of thiol groups is 1. The number of rotatable bonds is 1. The van der Waals surface area contributed by atoms with Crippen molar-refractivity contribution in [3.8, 4) is 0 Å². The molecule has 0 aliphatic heterocycles. The van der Waals surface area contributed by atoms with Gasteiger partial charge in [0.2, 0.25) is 0 Å². The van der Waals surface area contributed by atoms with Crippen LogP contribution in [0.15, 0.2) is 23.1 Å². The molecule has 0 amide bonds. The molecule has 0 bridgehead atoms. The van der Waals surface area contributed by atoms with Crippen LogP contribution in [0.2, 0.25) is 0 Å². The van der Waals surface area contributed by atoms with E-state index in [1.807, 2.05) is 12.1 Å². The van der Waals surface area contributed by atoms with Gasteiger partial charge in [0.05, 0.1) is 11.0 Å². The van der Waals surface area contributed by atoms with Crippen molar-refractivity contribution in [1.82, 2.24) is 9.55 Å². The van der Waals surface area contributed by atoms with E-state index >= 15 is 0 Å². The lowest BCUT2D eigenvalue weighted by Crippen LogP contribution is -1.94. The van der Waals surface area contributed by atoms with Crippen molar-refractivity contribution >= 4 is 23.7 Å². The second-order valence-corrected chi connectivity index (χ2v) is 4.49. The summed E-state index contributed by atoms with van der Waals surface area (Å²) in [6.07, 6.45) is 2.59. The zero-order chi connectivity index (χ0) is 9.71. The molecule has 1 heterocycles. The van der Waals surface area contributed by atoms with E-state index in [0.29, 0.717) is 5.92 Å². The fourth-order valence-corrected chi connectivity index (χ4v) is 2.10. The van der Waals surface area contributed by atoms with Crippen molar-refractivity contribution in [1.29, 1.82) is 0 Å². The van der Waals surface area contributed by atoms with Crippen molar-refractivity contribution in [3.63, 3.8) is 0 Å². The first-order chi connectivity index (χ1) is 6.75. The van der Waals surface area contributed by atoms with Crippen LogP contribution in [0.25, 0.3) is 11.0 Å². The summed E-state index contributed by atoms with van der Waals surface area (Å²) in [6, 6.07) is 6.12. The maximum atomic E-state index is 4.64. The van der Waals surface area contributed by atoms with Crippen LogP contribution in [0.4, 0.5) is 0 Å². The molecule has 1 aliphatic carbocycles. The molecule has 2 nitrogen and oxygen atoms in total. The molecule has 14 heavy (non-hydrogen) atoms. The number of nitrogens with zero attached hydrogens (tertiary/aromatic N) is 2. The first-order valence-electron chi connectivity index (χ1n) is 4.91. The van der Waals surface area contributed by atoms with Crippen LogP contribution < -0.4 is 0 Å². The highest BCUT2D eigenvalue weighted by molar-refractivity contribution is 7.80. The predicted octanol–water partition coefficient (Wildman–Crippen LogP) is 2.74. The van der Waals surface area contributed by atoms with Gasteiger partial charge in [0.15, 0.2) is 0 Å². The summed E-state index contributed by atoms with van der Waals surface area (Å²) >= 11 is 4.34. The van der Waals surface area contributed by atoms with Gasteiger partial charge in [-0.1, -0.05) is 0 Å². The minimum Gasteiger partial charge on any atom is -0.331 e. The molecule has 1 fully saturated rings. The van der Waals surface area contributed by atoms with Crippen LogP contribution >= 0.6 is 12.6 Å². The molecular formula is C11H12N2S. The number of aromatic nitrogens is 2. The minimum absolute atomic E-state index is 0.704. The van der Waals surface area contributed by atoms with Gasteiger partial charge in [0, 0.05) is 17.9 Å². The van der Waals surface area contributed by atoms with Crippen molar-refractivity contribution in [2.75, 3.05) is 0 Å². The fourth-order valence-electron chi connectivity index (χ4n) is 1.90. The lowest BCUT2D eigenvalue weighted by molar-refractivity contribution is 0.819. The minimum atomic E-state index is 0.704. The van der Waals surface area contributed by atoms with E-state index in [2.05, 4.69) is 35.3 Å². The van der Waals surface area contributed by atoms with Crippen molar-refractivity contribution in [2.45, 2.75) is 23.7 Å². The summed E-state index contributed by atoms with van der Waals surface area (Å²) in [5.74, 6) is 1.94. The third-order valence-corrected chi connectivity index (χ3v) is 3.12. The van der Waals surface area contributed by atoms with Gasteiger partial charge in [-0.05, 0) is 31.0 Å². The molecule has 0 radical (unpaired) electrons. The van der Waals surface area contributed by atoms with Crippen LogP contribution in [-0.2, 0) is 7.05 Å². The third-order valence-electron chi connectivity index (χ3n) is 2.84. The average Bonchev–Trinajstić information content (AvgIpc) is 2.95. The molecule has 3 rings (SSSR count). The Morgan fingerprint density at radius 1 is 1.43 bits per heavy atom. The molecule has 0 unspecified atom stereocenters. The quantitative estimate of drug-likeness (QED) is 0.707. The van der Waals surface area contributed by atoms with Gasteiger partial charge in [-0.25, -0.2) is 4.98 Å². The van der Waals surface area contributed by atoms with Crippen LogP contribution in [0.5, 0.6) is 0 Å². The molecular weight excluding hydrogens is 192 g/mol. The highest BCUT2D eigenvalue weighted by Gasteiger charge is 2.28. The summed E-state index contributed by atoms with van der Waals surface area (Å²) < 4.78 is 2.20. The molecule has 2 aromatic rings. The largest absolute Gasteiger partial charge is 0.331 e. The van der Waals surface area contributed by atoms with Crippen molar-refractivity contribution < 1.29 is 0 Å². The Bertz CT molecular complexity index is 497. The Balaban J connectivity index is 2.29. The van der Waals surface area contributed by atoms with Crippen LogP contribution in [-0.4, -0.2) is 9.55 Å². The van der Waals surface area contributed by atoms with Crippen molar-refractivity contribution in [3.05, 3.63) is 24.0 Å².